The van der Waals surface area contributed by atoms with Crippen molar-refractivity contribution in [1.82, 2.24) is 4.90 Å². The topological polar surface area (TPSA) is 57.6 Å². The second kappa shape index (κ2) is 6.19. The summed E-state index contributed by atoms with van der Waals surface area (Å²) in [5.74, 6) is -1.08. The third-order valence-electron chi connectivity index (χ3n) is 2.89. The smallest absolute Gasteiger partial charge is 0.303 e. The molecule has 98 valence electrons. The fourth-order valence-electron chi connectivity index (χ4n) is 1.72. The van der Waals surface area contributed by atoms with E-state index < -0.39 is 5.97 Å². The predicted octanol–water partition coefficient (Wildman–Crippen LogP) is 2.13. The fourth-order valence-corrected chi connectivity index (χ4v) is 1.72. The number of carboxylic acid groups (broad SMARTS) is 1. The van der Waals surface area contributed by atoms with Crippen molar-refractivity contribution in [2.24, 2.45) is 0 Å². The van der Waals surface area contributed by atoms with Crippen LogP contribution in [-0.2, 0) is 16.1 Å². The molecule has 0 spiro atoms. The number of nitrogens with zero attached hydrogens (tertiary/aromatic N) is 1. The van der Waals surface area contributed by atoms with Crippen LogP contribution in [0.5, 0.6) is 0 Å². The summed E-state index contributed by atoms with van der Waals surface area (Å²) in [5, 5.41) is 8.54. The molecule has 0 heterocycles. The monoisotopic (exact) mass is 249 g/mol. The van der Waals surface area contributed by atoms with E-state index in [4.69, 9.17) is 5.11 Å². The Morgan fingerprint density at radius 2 is 1.89 bits per heavy atom. The Bertz CT molecular complexity index is 454. The van der Waals surface area contributed by atoms with Crippen molar-refractivity contribution in [3.63, 3.8) is 0 Å². The van der Waals surface area contributed by atoms with Crippen LogP contribution in [0.15, 0.2) is 18.2 Å². The molecule has 4 heteroatoms. The maximum absolute atomic E-state index is 11.7. The maximum atomic E-state index is 11.7. The second-order valence-corrected chi connectivity index (χ2v) is 4.57. The molecule has 1 aromatic rings. The molecule has 0 atom stereocenters. The zero-order chi connectivity index (χ0) is 13.7. The minimum atomic E-state index is -0.941. The highest BCUT2D eigenvalue weighted by Crippen LogP contribution is 2.13. The molecular formula is C14H19NO3. The zero-order valence-corrected chi connectivity index (χ0v) is 11.1. The van der Waals surface area contributed by atoms with Crippen LogP contribution in [0.4, 0.5) is 0 Å². The van der Waals surface area contributed by atoms with Crippen LogP contribution in [-0.4, -0.2) is 28.9 Å². The minimum Gasteiger partial charge on any atom is -0.481 e. The molecule has 1 N–H and O–H groups in total. The lowest BCUT2D eigenvalue weighted by Crippen LogP contribution is -2.26. The Balaban J connectivity index is 2.63. The normalized spacial score (nSPS) is 10.2. The van der Waals surface area contributed by atoms with Crippen LogP contribution >= 0.6 is 0 Å². The Morgan fingerprint density at radius 1 is 1.22 bits per heavy atom. The highest BCUT2D eigenvalue weighted by Gasteiger charge is 2.12. The van der Waals surface area contributed by atoms with E-state index in [0.29, 0.717) is 6.54 Å². The van der Waals surface area contributed by atoms with E-state index in [1.165, 1.54) is 0 Å². The first-order chi connectivity index (χ1) is 8.40. The van der Waals surface area contributed by atoms with Gasteiger partial charge in [0.15, 0.2) is 0 Å². The van der Waals surface area contributed by atoms with Gasteiger partial charge in [-0.3, -0.25) is 9.59 Å². The summed E-state index contributed by atoms with van der Waals surface area (Å²) in [6.07, 6.45) is -0.0628. The number of aliphatic carboxylic acids is 1. The first-order valence-corrected chi connectivity index (χ1v) is 5.92. The molecule has 0 unspecified atom stereocenters. The molecular weight excluding hydrogens is 230 g/mol. The molecule has 18 heavy (non-hydrogen) atoms. The standard InChI is InChI=1S/C14H19NO3/c1-10-4-5-11(2)12(8-10)9-15(3)13(16)6-7-14(17)18/h4-5,8H,6-7,9H2,1-3H3,(H,17,18). The summed E-state index contributed by atoms with van der Waals surface area (Å²) in [4.78, 5) is 23.7. The third-order valence-corrected chi connectivity index (χ3v) is 2.89. The average Bonchev–Trinajstić information content (AvgIpc) is 2.30. The van der Waals surface area contributed by atoms with Gasteiger partial charge in [0.25, 0.3) is 0 Å². The number of carbonyl (C=O) groups excluding carboxylic acids is 1. The van der Waals surface area contributed by atoms with Crippen LogP contribution in [0.3, 0.4) is 0 Å². The van der Waals surface area contributed by atoms with Gasteiger partial charge in [0.05, 0.1) is 6.42 Å². The van der Waals surface area contributed by atoms with E-state index in [2.05, 4.69) is 6.07 Å². The van der Waals surface area contributed by atoms with Gasteiger partial charge in [0, 0.05) is 20.0 Å². The highest BCUT2D eigenvalue weighted by atomic mass is 16.4. The first kappa shape index (κ1) is 14.2. The molecule has 0 saturated heterocycles. The van der Waals surface area contributed by atoms with E-state index >= 15 is 0 Å². The third kappa shape index (κ3) is 4.20. The van der Waals surface area contributed by atoms with E-state index in [-0.39, 0.29) is 18.7 Å². The molecule has 0 bridgehead atoms. The number of carbonyl (C=O) groups is 2. The summed E-state index contributed by atoms with van der Waals surface area (Å²) < 4.78 is 0. The van der Waals surface area contributed by atoms with Crippen LogP contribution in [0.1, 0.15) is 29.5 Å². The van der Waals surface area contributed by atoms with Crippen molar-refractivity contribution in [2.75, 3.05) is 7.05 Å². The molecule has 0 aliphatic rings. The molecule has 0 aliphatic heterocycles. The molecule has 0 radical (unpaired) electrons. The molecule has 1 rings (SSSR count). The molecule has 4 nitrogen and oxygen atoms in total. The number of aryl methyl sites for hydroxylation is 2. The summed E-state index contributed by atoms with van der Waals surface area (Å²) in [6, 6.07) is 6.11. The summed E-state index contributed by atoms with van der Waals surface area (Å²) in [6.45, 7) is 4.53. The van der Waals surface area contributed by atoms with E-state index in [9.17, 15) is 9.59 Å². The molecule has 0 saturated carbocycles. The zero-order valence-electron chi connectivity index (χ0n) is 11.1. The van der Waals surface area contributed by atoms with Crippen LogP contribution in [0.2, 0.25) is 0 Å². The Morgan fingerprint density at radius 3 is 2.50 bits per heavy atom. The van der Waals surface area contributed by atoms with Gasteiger partial charge in [-0.05, 0) is 25.0 Å². The number of hydrogen-bond acceptors (Lipinski definition) is 2. The van der Waals surface area contributed by atoms with Crippen molar-refractivity contribution in [3.05, 3.63) is 34.9 Å². The lowest BCUT2D eigenvalue weighted by Gasteiger charge is -2.18. The quantitative estimate of drug-likeness (QED) is 0.869. The predicted molar refractivity (Wildman–Crippen MR) is 69.3 cm³/mol. The van der Waals surface area contributed by atoms with Gasteiger partial charge >= 0.3 is 5.97 Å². The van der Waals surface area contributed by atoms with Gasteiger partial charge in [-0.1, -0.05) is 23.8 Å². The number of rotatable bonds is 5. The number of hydrogen-bond donors (Lipinski definition) is 1. The summed E-state index contributed by atoms with van der Waals surface area (Å²) in [5.41, 5.74) is 3.39. The van der Waals surface area contributed by atoms with Crippen molar-refractivity contribution in [1.29, 1.82) is 0 Å². The number of carboxylic acids is 1. The second-order valence-electron chi connectivity index (χ2n) is 4.57. The Hall–Kier alpha value is -1.84. The van der Waals surface area contributed by atoms with Crippen LogP contribution in [0.25, 0.3) is 0 Å². The molecule has 0 aliphatic carbocycles. The molecule has 0 fully saturated rings. The summed E-state index contributed by atoms with van der Waals surface area (Å²) >= 11 is 0. The molecule has 1 aromatic carbocycles. The van der Waals surface area contributed by atoms with Gasteiger partial charge < -0.3 is 10.0 Å². The highest BCUT2D eigenvalue weighted by molar-refractivity contribution is 5.80. The first-order valence-electron chi connectivity index (χ1n) is 5.92. The van der Waals surface area contributed by atoms with Crippen molar-refractivity contribution in [2.45, 2.75) is 33.2 Å². The van der Waals surface area contributed by atoms with Gasteiger partial charge in [0.1, 0.15) is 0 Å². The molecule has 1 amide bonds. The van der Waals surface area contributed by atoms with Gasteiger partial charge in [-0.2, -0.15) is 0 Å². The van der Waals surface area contributed by atoms with Gasteiger partial charge in [0.2, 0.25) is 5.91 Å². The lowest BCUT2D eigenvalue weighted by atomic mass is 10.1. The average molecular weight is 249 g/mol. The number of amides is 1. The van der Waals surface area contributed by atoms with Crippen molar-refractivity contribution in [3.8, 4) is 0 Å². The maximum Gasteiger partial charge on any atom is 0.303 e. The Kier molecular flexibility index (Phi) is 4.89. The number of benzene rings is 1. The lowest BCUT2D eigenvalue weighted by molar-refractivity contribution is -0.140. The van der Waals surface area contributed by atoms with Gasteiger partial charge in [-0.25, -0.2) is 0 Å². The largest absolute Gasteiger partial charge is 0.481 e. The van der Waals surface area contributed by atoms with E-state index in [0.717, 1.165) is 16.7 Å². The van der Waals surface area contributed by atoms with E-state index in [1.807, 2.05) is 26.0 Å². The summed E-state index contributed by atoms with van der Waals surface area (Å²) in [7, 11) is 1.70. The fraction of sp³-hybridized carbons (Fsp3) is 0.429. The van der Waals surface area contributed by atoms with Crippen molar-refractivity contribution < 1.29 is 14.7 Å². The minimum absolute atomic E-state index is 0.0523. The Labute approximate surface area is 107 Å². The van der Waals surface area contributed by atoms with Crippen LogP contribution < -0.4 is 0 Å². The SMILES string of the molecule is Cc1ccc(C)c(CN(C)C(=O)CCC(=O)O)c1. The molecule has 0 aromatic heterocycles. The van der Waals surface area contributed by atoms with E-state index in [1.54, 1.807) is 11.9 Å². The van der Waals surface area contributed by atoms with Crippen molar-refractivity contribution >= 4 is 11.9 Å². The van der Waals surface area contributed by atoms with Gasteiger partial charge in [-0.15, -0.1) is 0 Å². The van der Waals surface area contributed by atoms with Crippen LogP contribution in [0, 0.1) is 13.8 Å².